The minimum absolute atomic E-state index is 0.0773. The molecule has 2 heterocycles. The molecule has 0 saturated heterocycles. The Labute approximate surface area is 116 Å². The zero-order valence-electron chi connectivity index (χ0n) is 11.4. The third-order valence-corrected chi connectivity index (χ3v) is 3.70. The number of carbonyl (C=O) groups is 2. The van der Waals surface area contributed by atoms with Crippen molar-refractivity contribution in [2.75, 3.05) is 6.54 Å². The highest BCUT2D eigenvalue weighted by atomic mass is 16.4. The first kappa shape index (κ1) is 12.7. The average Bonchev–Trinajstić information content (AvgIpc) is 2.68. The van der Waals surface area contributed by atoms with Gasteiger partial charge in [0, 0.05) is 29.4 Å². The molecule has 0 unspecified atom stereocenters. The predicted molar refractivity (Wildman–Crippen MR) is 75.0 cm³/mol. The van der Waals surface area contributed by atoms with Gasteiger partial charge in [0.05, 0.1) is 5.56 Å². The summed E-state index contributed by atoms with van der Waals surface area (Å²) in [6, 6.07) is 6.77. The molecule has 20 heavy (non-hydrogen) atoms. The fraction of sp³-hybridized carbons (Fsp3) is 0.333. The number of carboxylic acids is 1. The summed E-state index contributed by atoms with van der Waals surface area (Å²) in [5.41, 5.74) is 1.55. The maximum absolute atomic E-state index is 12.1. The van der Waals surface area contributed by atoms with Gasteiger partial charge in [-0.05, 0) is 18.2 Å². The Kier molecular flexibility index (Phi) is 2.61. The van der Waals surface area contributed by atoms with Gasteiger partial charge in [0.15, 0.2) is 0 Å². The van der Waals surface area contributed by atoms with Crippen molar-refractivity contribution in [1.29, 1.82) is 0 Å². The second-order valence-electron chi connectivity index (χ2n) is 6.04. The van der Waals surface area contributed by atoms with Crippen LogP contribution in [-0.4, -0.2) is 28.1 Å². The Hall–Kier alpha value is -2.30. The fourth-order valence-electron chi connectivity index (χ4n) is 2.64. The maximum atomic E-state index is 12.1. The van der Waals surface area contributed by atoms with Crippen LogP contribution in [0.3, 0.4) is 0 Å². The van der Waals surface area contributed by atoms with E-state index in [0.717, 1.165) is 10.9 Å². The van der Waals surface area contributed by atoms with E-state index < -0.39 is 5.97 Å². The molecule has 1 amide bonds. The van der Waals surface area contributed by atoms with E-state index in [1.807, 2.05) is 10.6 Å². The van der Waals surface area contributed by atoms with Crippen molar-refractivity contribution < 1.29 is 14.7 Å². The van der Waals surface area contributed by atoms with E-state index in [1.165, 1.54) is 0 Å². The van der Waals surface area contributed by atoms with Gasteiger partial charge < -0.3 is 15.0 Å². The molecule has 0 saturated carbocycles. The minimum atomic E-state index is -0.959. The molecule has 1 aliphatic rings. The lowest BCUT2D eigenvalue weighted by Gasteiger charge is -2.23. The van der Waals surface area contributed by atoms with Crippen LogP contribution in [0.25, 0.3) is 10.9 Å². The number of hydrogen-bond acceptors (Lipinski definition) is 2. The standard InChI is InChI=1S/C15H16N2O3/c1-15(2)7-16-13(18)12-5-9-3-4-10(14(19)20)6-11(9)17(12)8-15/h3-6H,7-8H2,1-2H3,(H,16,18)(H,19,20). The van der Waals surface area contributed by atoms with Gasteiger partial charge in [-0.2, -0.15) is 0 Å². The number of amides is 1. The van der Waals surface area contributed by atoms with Gasteiger partial charge in [0.2, 0.25) is 0 Å². The van der Waals surface area contributed by atoms with E-state index in [2.05, 4.69) is 19.2 Å². The normalized spacial score (nSPS) is 17.4. The summed E-state index contributed by atoms with van der Waals surface area (Å²) in [7, 11) is 0. The van der Waals surface area contributed by atoms with E-state index in [-0.39, 0.29) is 16.9 Å². The Bertz CT molecular complexity index is 728. The molecule has 5 heteroatoms. The summed E-state index contributed by atoms with van der Waals surface area (Å²) < 4.78 is 1.92. The van der Waals surface area contributed by atoms with Crippen molar-refractivity contribution in [3.63, 3.8) is 0 Å². The van der Waals surface area contributed by atoms with Gasteiger partial charge in [0.1, 0.15) is 5.69 Å². The molecular weight excluding hydrogens is 256 g/mol. The summed E-state index contributed by atoms with van der Waals surface area (Å²) in [5, 5.41) is 12.9. The Morgan fingerprint density at radius 1 is 1.35 bits per heavy atom. The first-order valence-corrected chi connectivity index (χ1v) is 6.52. The number of hydrogen-bond donors (Lipinski definition) is 2. The van der Waals surface area contributed by atoms with Gasteiger partial charge in [-0.3, -0.25) is 4.79 Å². The van der Waals surface area contributed by atoms with Gasteiger partial charge >= 0.3 is 5.97 Å². The quantitative estimate of drug-likeness (QED) is 0.835. The van der Waals surface area contributed by atoms with E-state index in [1.54, 1.807) is 18.2 Å². The van der Waals surface area contributed by atoms with Crippen LogP contribution in [0.15, 0.2) is 24.3 Å². The van der Waals surface area contributed by atoms with Crippen molar-refractivity contribution in [2.45, 2.75) is 20.4 Å². The smallest absolute Gasteiger partial charge is 0.335 e. The molecule has 1 aromatic carbocycles. The molecule has 0 fully saturated rings. The van der Waals surface area contributed by atoms with Crippen LogP contribution in [0.5, 0.6) is 0 Å². The number of aromatic carboxylic acids is 1. The molecule has 0 spiro atoms. The molecule has 1 aromatic heterocycles. The molecule has 0 aliphatic carbocycles. The highest BCUT2D eigenvalue weighted by Crippen LogP contribution is 2.28. The zero-order chi connectivity index (χ0) is 14.5. The van der Waals surface area contributed by atoms with Crippen molar-refractivity contribution in [1.82, 2.24) is 9.88 Å². The molecular formula is C15H16N2O3. The Balaban J connectivity index is 2.26. The highest BCUT2D eigenvalue weighted by molar-refractivity contribution is 6.01. The molecule has 2 N–H and O–H groups in total. The third-order valence-electron chi connectivity index (χ3n) is 3.70. The molecule has 0 atom stereocenters. The lowest BCUT2D eigenvalue weighted by atomic mass is 9.93. The lowest BCUT2D eigenvalue weighted by Crippen LogP contribution is -2.31. The number of nitrogens with one attached hydrogen (secondary N) is 1. The van der Waals surface area contributed by atoms with E-state index in [0.29, 0.717) is 18.8 Å². The topological polar surface area (TPSA) is 71.3 Å². The number of carboxylic acid groups (broad SMARTS) is 1. The van der Waals surface area contributed by atoms with Crippen molar-refractivity contribution in [3.8, 4) is 0 Å². The maximum Gasteiger partial charge on any atom is 0.335 e. The monoisotopic (exact) mass is 272 g/mol. The summed E-state index contributed by atoms with van der Waals surface area (Å²) >= 11 is 0. The van der Waals surface area contributed by atoms with Crippen molar-refractivity contribution >= 4 is 22.8 Å². The molecule has 2 aromatic rings. The van der Waals surface area contributed by atoms with E-state index >= 15 is 0 Å². The number of carbonyl (C=O) groups excluding carboxylic acids is 1. The second kappa shape index (κ2) is 4.10. The van der Waals surface area contributed by atoms with Crippen LogP contribution in [0, 0.1) is 5.41 Å². The van der Waals surface area contributed by atoms with Gasteiger partial charge in [-0.25, -0.2) is 4.79 Å². The van der Waals surface area contributed by atoms with Crippen LogP contribution in [0.4, 0.5) is 0 Å². The van der Waals surface area contributed by atoms with Crippen LogP contribution in [0.2, 0.25) is 0 Å². The predicted octanol–water partition coefficient (Wildman–Crippen LogP) is 2.11. The largest absolute Gasteiger partial charge is 0.478 e. The highest BCUT2D eigenvalue weighted by Gasteiger charge is 2.28. The molecule has 104 valence electrons. The zero-order valence-corrected chi connectivity index (χ0v) is 11.4. The first-order chi connectivity index (χ1) is 9.37. The molecule has 0 bridgehead atoms. The van der Waals surface area contributed by atoms with Crippen LogP contribution in [-0.2, 0) is 6.54 Å². The Morgan fingerprint density at radius 3 is 2.80 bits per heavy atom. The number of benzene rings is 1. The summed E-state index contributed by atoms with van der Waals surface area (Å²) in [4.78, 5) is 23.2. The number of nitrogens with zero attached hydrogens (tertiary/aromatic N) is 1. The number of fused-ring (bicyclic) bond motifs is 3. The van der Waals surface area contributed by atoms with Crippen LogP contribution >= 0.6 is 0 Å². The van der Waals surface area contributed by atoms with Crippen LogP contribution < -0.4 is 5.32 Å². The fourth-order valence-corrected chi connectivity index (χ4v) is 2.64. The third kappa shape index (κ3) is 1.95. The lowest BCUT2D eigenvalue weighted by molar-refractivity contribution is 0.0696. The van der Waals surface area contributed by atoms with Crippen LogP contribution in [0.1, 0.15) is 34.7 Å². The first-order valence-electron chi connectivity index (χ1n) is 6.52. The van der Waals surface area contributed by atoms with Gasteiger partial charge in [-0.1, -0.05) is 19.9 Å². The molecule has 5 nitrogen and oxygen atoms in total. The minimum Gasteiger partial charge on any atom is -0.478 e. The van der Waals surface area contributed by atoms with E-state index in [9.17, 15) is 9.59 Å². The van der Waals surface area contributed by atoms with E-state index in [4.69, 9.17) is 5.11 Å². The van der Waals surface area contributed by atoms with Crippen molar-refractivity contribution in [3.05, 3.63) is 35.5 Å². The summed E-state index contributed by atoms with van der Waals surface area (Å²) in [6.45, 7) is 5.44. The SMILES string of the molecule is CC1(C)CNC(=O)c2cc3ccc(C(=O)O)cc3n2C1. The van der Waals surface area contributed by atoms with Crippen molar-refractivity contribution in [2.24, 2.45) is 5.41 Å². The van der Waals surface area contributed by atoms with Gasteiger partial charge in [0.25, 0.3) is 5.91 Å². The second-order valence-corrected chi connectivity index (χ2v) is 6.04. The summed E-state index contributed by atoms with van der Waals surface area (Å²) in [5.74, 6) is -1.07. The summed E-state index contributed by atoms with van der Waals surface area (Å²) in [6.07, 6.45) is 0. The average molecular weight is 272 g/mol. The molecule has 1 aliphatic heterocycles. The Morgan fingerprint density at radius 2 is 2.10 bits per heavy atom. The van der Waals surface area contributed by atoms with Gasteiger partial charge in [-0.15, -0.1) is 0 Å². The molecule has 0 radical (unpaired) electrons. The molecule has 3 rings (SSSR count). The number of aromatic nitrogens is 1. The number of rotatable bonds is 1.